The number of rotatable bonds is 5. The molecule has 5 rings (SSSR count). The van der Waals surface area contributed by atoms with Crippen molar-refractivity contribution in [3.8, 4) is 11.5 Å². The molecule has 1 atom stereocenters. The third kappa shape index (κ3) is 3.78. The molecule has 0 fully saturated rings. The van der Waals surface area contributed by atoms with Crippen molar-refractivity contribution in [1.82, 2.24) is 0 Å². The Hall–Kier alpha value is -4.25. The van der Waals surface area contributed by atoms with Gasteiger partial charge in [0.25, 0.3) is 0 Å². The first-order valence-electron chi connectivity index (χ1n) is 10.7. The molecule has 0 saturated heterocycles. The van der Waals surface area contributed by atoms with Gasteiger partial charge in [-0.25, -0.2) is 4.79 Å². The third-order valence-electron chi connectivity index (χ3n) is 5.76. The van der Waals surface area contributed by atoms with Crippen molar-refractivity contribution in [3.63, 3.8) is 0 Å². The highest BCUT2D eigenvalue weighted by molar-refractivity contribution is 6.13. The maximum absolute atomic E-state index is 13.0. The van der Waals surface area contributed by atoms with E-state index in [0.717, 1.165) is 27.8 Å². The fraction of sp³-hybridized carbons (Fsp3) is 0.107. The number of carbonyl (C=O) groups is 1. The summed E-state index contributed by atoms with van der Waals surface area (Å²) in [6.07, 6.45) is 3.62. The SMILES string of the molecule is COC(=O)c1c2c(c3ccccc3c1Nc1ccccc1)OC(c1ccc(OC)cc1)C=C2. The van der Waals surface area contributed by atoms with Crippen LogP contribution in [0.2, 0.25) is 0 Å². The summed E-state index contributed by atoms with van der Waals surface area (Å²) < 4.78 is 16.9. The minimum absolute atomic E-state index is 0.287. The van der Waals surface area contributed by atoms with Crippen LogP contribution in [0, 0.1) is 0 Å². The van der Waals surface area contributed by atoms with Crippen LogP contribution in [0.15, 0.2) is 84.9 Å². The molecule has 1 unspecified atom stereocenters. The quantitative estimate of drug-likeness (QED) is 0.360. The molecule has 1 heterocycles. The minimum atomic E-state index is -0.424. The van der Waals surface area contributed by atoms with E-state index >= 15 is 0 Å². The van der Waals surface area contributed by atoms with Gasteiger partial charge in [0.2, 0.25) is 0 Å². The molecule has 1 N–H and O–H groups in total. The van der Waals surface area contributed by atoms with Crippen LogP contribution in [0.5, 0.6) is 11.5 Å². The van der Waals surface area contributed by atoms with E-state index in [1.165, 1.54) is 7.11 Å². The molecule has 4 aromatic carbocycles. The molecule has 1 aliphatic rings. The van der Waals surface area contributed by atoms with Crippen molar-refractivity contribution in [2.24, 2.45) is 0 Å². The summed E-state index contributed by atoms with van der Waals surface area (Å²) >= 11 is 0. The van der Waals surface area contributed by atoms with E-state index in [4.69, 9.17) is 14.2 Å². The van der Waals surface area contributed by atoms with E-state index in [2.05, 4.69) is 5.32 Å². The maximum Gasteiger partial charge on any atom is 0.340 e. The van der Waals surface area contributed by atoms with E-state index in [0.29, 0.717) is 22.6 Å². The van der Waals surface area contributed by atoms with Gasteiger partial charge in [0.15, 0.2) is 0 Å². The Morgan fingerprint density at radius 3 is 2.27 bits per heavy atom. The fourth-order valence-electron chi connectivity index (χ4n) is 4.15. The number of methoxy groups -OCH3 is 2. The van der Waals surface area contributed by atoms with E-state index in [1.807, 2.05) is 91.0 Å². The van der Waals surface area contributed by atoms with Crippen LogP contribution < -0.4 is 14.8 Å². The fourth-order valence-corrected chi connectivity index (χ4v) is 4.15. The highest BCUT2D eigenvalue weighted by Gasteiger charge is 2.28. The number of fused-ring (bicyclic) bond motifs is 3. The average molecular weight is 437 g/mol. The number of carbonyl (C=O) groups excluding carboxylic acids is 1. The first kappa shape index (κ1) is 20.6. The van der Waals surface area contributed by atoms with Gasteiger partial charge >= 0.3 is 5.97 Å². The predicted octanol–water partition coefficient (Wildman–Crippen LogP) is 6.53. The van der Waals surface area contributed by atoms with Crippen LogP contribution in [-0.4, -0.2) is 20.2 Å². The molecular formula is C28H23NO4. The molecule has 0 aromatic heterocycles. The summed E-state index contributed by atoms with van der Waals surface area (Å²) in [5.41, 5.74) is 3.71. The summed E-state index contributed by atoms with van der Waals surface area (Å²) in [6.45, 7) is 0. The lowest BCUT2D eigenvalue weighted by Gasteiger charge is -2.27. The van der Waals surface area contributed by atoms with Gasteiger partial charge in [0.1, 0.15) is 17.6 Å². The summed E-state index contributed by atoms with van der Waals surface area (Å²) in [7, 11) is 3.04. The van der Waals surface area contributed by atoms with Crippen molar-refractivity contribution in [2.75, 3.05) is 19.5 Å². The van der Waals surface area contributed by atoms with E-state index in [-0.39, 0.29) is 6.10 Å². The Morgan fingerprint density at radius 2 is 1.58 bits per heavy atom. The first-order valence-corrected chi connectivity index (χ1v) is 10.7. The molecule has 4 aromatic rings. The summed E-state index contributed by atoms with van der Waals surface area (Å²) in [4.78, 5) is 13.0. The topological polar surface area (TPSA) is 56.8 Å². The lowest BCUT2D eigenvalue weighted by atomic mass is 9.93. The molecule has 5 nitrogen and oxygen atoms in total. The molecule has 0 aliphatic carbocycles. The van der Waals surface area contributed by atoms with Gasteiger partial charge in [-0.05, 0) is 35.9 Å². The third-order valence-corrected chi connectivity index (χ3v) is 5.76. The Kier molecular flexibility index (Phi) is 5.45. The zero-order chi connectivity index (χ0) is 22.8. The molecule has 5 heteroatoms. The van der Waals surface area contributed by atoms with Crippen LogP contribution in [0.3, 0.4) is 0 Å². The zero-order valence-corrected chi connectivity index (χ0v) is 18.4. The second-order valence-electron chi connectivity index (χ2n) is 7.69. The summed E-state index contributed by atoms with van der Waals surface area (Å²) in [6, 6.07) is 25.5. The molecule has 164 valence electrons. The van der Waals surface area contributed by atoms with E-state index in [1.54, 1.807) is 7.11 Å². The highest BCUT2D eigenvalue weighted by Crippen LogP contribution is 2.45. The van der Waals surface area contributed by atoms with Crippen molar-refractivity contribution < 1.29 is 19.0 Å². The number of para-hydroxylation sites is 1. The molecule has 0 bridgehead atoms. The van der Waals surface area contributed by atoms with Crippen LogP contribution in [0.4, 0.5) is 11.4 Å². The van der Waals surface area contributed by atoms with Crippen LogP contribution in [0.1, 0.15) is 27.6 Å². The monoisotopic (exact) mass is 437 g/mol. The largest absolute Gasteiger partial charge is 0.497 e. The Morgan fingerprint density at radius 1 is 0.879 bits per heavy atom. The highest BCUT2D eigenvalue weighted by atomic mass is 16.5. The molecule has 33 heavy (non-hydrogen) atoms. The normalized spacial score (nSPS) is 14.3. The lowest BCUT2D eigenvalue weighted by molar-refractivity contribution is 0.0601. The molecule has 0 spiro atoms. The molecule has 0 saturated carbocycles. The number of anilines is 2. The Bertz CT molecular complexity index is 1340. The van der Waals surface area contributed by atoms with Gasteiger partial charge in [-0.2, -0.15) is 0 Å². The van der Waals surface area contributed by atoms with Crippen molar-refractivity contribution in [2.45, 2.75) is 6.10 Å². The first-order chi connectivity index (χ1) is 16.2. The zero-order valence-electron chi connectivity index (χ0n) is 18.4. The Labute approximate surface area is 192 Å². The second kappa shape index (κ2) is 8.71. The smallest absolute Gasteiger partial charge is 0.340 e. The standard InChI is InChI=1S/C28H23NO4/c1-31-20-14-12-18(13-15-20)24-17-16-23-25(28(30)32-2)26(29-19-8-4-3-5-9-19)21-10-6-7-11-22(21)27(23)33-24/h3-17,24,29H,1-2H3. The van der Waals surface area contributed by atoms with Crippen molar-refractivity contribution in [1.29, 1.82) is 0 Å². The number of hydrogen-bond acceptors (Lipinski definition) is 5. The van der Waals surface area contributed by atoms with Gasteiger partial charge in [0, 0.05) is 22.0 Å². The molecule has 0 amide bonds. The van der Waals surface area contributed by atoms with Gasteiger partial charge in [-0.1, -0.05) is 60.7 Å². The van der Waals surface area contributed by atoms with Crippen LogP contribution in [-0.2, 0) is 4.74 Å². The number of hydrogen-bond donors (Lipinski definition) is 1. The molecule has 0 radical (unpaired) electrons. The van der Waals surface area contributed by atoms with Crippen LogP contribution >= 0.6 is 0 Å². The van der Waals surface area contributed by atoms with E-state index < -0.39 is 5.97 Å². The van der Waals surface area contributed by atoms with Gasteiger partial charge in [-0.15, -0.1) is 0 Å². The van der Waals surface area contributed by atoms with Crippen molar-refractivity contribution >= 4 is 34.2 Å². The van der Waals surface area contributed by atoms with Gasteiger partial charge in [-0.3, -0.25) is 0 Å². The van der Waals surface area contributed by atoms with Crippen LogP contribution in [0.25, 0.3) is 16.8 Å². The maximum atomic E-state index is 13.0. The van der Waals surface area contributed by atoms with Gasteiger partial charge in [0.05, 0.1) is 25.5 Å². The van der Waals surface area contributed by atoms with Crippen molar-refractivity contribution in [3.05, 3.63) is 102 Å². The Balaban J connectivity index is 1.68. The number of benzene rings is 4. The average Bonchev–Trinajstić information content (AvgIpc) is 2.89. The summed E-state index contributed by atoms with van der Waals surface area (Å²) in [5, 5.41) is 5.23. The summed E-state index contributed by atoms with van der Waals surface area (Å²) in [5.74, 6) is 1.02. The van der Waals surface area contributed by atoms with E-state index in [9.17, 15) is 4.79 Å². The number of esters is 1. The lowest BCUT2D eigenvalue weighted by Crippen LogP contribution is -2.15. The minimum Gasteiger partial charge on any atom is -0.497 e. The molecular weight excluding hydrogens is 414 g/mol. The van der Waals surface area contributed by atoms with Gasteiger partial charge < -0.3 is 19.5 Å². The number of ether oxygens (including phenoxy) is 3. The predicted molar refractivity (Wildman–Crippen MR) is 130 cm³/mol. The molecule has 1 aliphatic heterocycles. The number of nitrogens with one attached hydrogen (secondary N) is 1. The second-order valence-corrected chi connectivity index (χ2v) is 7.69.